The smallest absolute Gasteiger partial charge is 0.309 e. The van der Waals surface area contributed by atoms with Crippen molar-refractivity contribution in [1.29, 1.82) is 0 Å². The maximum atomic E-state index is 12.4. The topological polar surface area (TPSA) is 81.7 Å². The number of ketones is 1. The van der Waals surface area contributed by atoms with Crippen molar-refractivity contribution in [3.8, 4) is 0 Å². The molecule has 264 valence electrons. The van der Waals surface area contributed by atoms with E-state index in [9.17, 15) is 14.4 Å². The third-order valence-corrected chi connectivity index (χ3v) is 6.40. The number of allylic oxidation sites excluding steroid dienone is 11. The maximum Gasteiger partial charge on any atom is 0.309 e. The van der Waals surface area contributed by atoms with E-state index in [4.69, 9.17) is 9.47 Å². The Morgan fingerprint density at radius 1 is 0.696 bits per heavy atom. The quantitative estimate of drug-likeness (QED) is 0.0643. The van der Waals surface area contributed by atoms with E-state index in [1.807, 2.05) is 19.9 Å². The molecule has 46 heavy (non-hydrogen) atoms. The minimum absolute atomic E-state index is 0.00172. The van der Waals surface area contributed by atoms with Crippen LogP contribution >= 0.6 is 0 Å². The average Bonchev–Trinajstić information content (AvgIpc) is 3.03. The molecule has 1 atom stereocenters. The first-order chi connectivity index (χ1) is 22.2. The Labute approximate surface area is 283 Å². The number of carbonyl (C=O) groups excluding carboxylic acids is 3. The van der Waals surface area contributed by atoms with Crippen molar-refractivity contribution in [2.45, 2.75) is 139 Å². The number of esters is 1. The summed E-state index contributed by atoms with van der Waals surface area (Å²) < 4.78 is 10.7. The lowest BCUT2D eigenvalue weighted by Crippen LogP contribution is -2.47. The summed E-state index contributed by atoms with van der Waals surface area (Å²) in [5.74, 6) is -0.682. The van der Waals surface area contributed by atoms with E-state index in [1.165, 1.54) is 39.7 Å². The minimum Gasteiger partial charge on any atom is -0.465 e. The number of hydrogen-bond acceptors (Lipinski definition) is 5. The van der Waals surface area contributed by atoms with Crippen LogP contribution in [0, 0.1) is 5.41 Å². The Balaban J connectivity index is -0.00000205. The normalized spacial score (nSPS) is 12.5. The number of carbonyl (C=O) groups is 3. The number of ether oxygens (including phenoxy) is 2. The van der Waals surface area contributed by atoms with Crippen molar-refractivity contribution in [3.63, 3.8) is 0 Å². The summed E-state index contributed by atoms with van der Waals surface area (Å²) >= 11 is 0. The molecule has 0 bridgehead atoms. The summed E-state index contributed by atoms with van der Waals surface area (Å²) in [4.78, 5) is 35.5. The van der Waals surface area contributed by atoms with Crippen molar-refractivity contribution in [2.75, 3.05) is 20.3 Å². The van der Waals surface area contributed by atoms with Crippen LogP contribution in [0.3, 0.4) is 0 Å². The zero-order valence-corrected chi connectivity index (χ0v) is 30.9. The molecule has 0 aromatic heterocycles. The lowest BCUT2D eigenvalue weighted by molar-refractivity contribution is -0.154. The summed E-state index contributed by atoms with van der Waals surface area (Å²) in [6.07, 6.45) is 36.1. The number of rotatable bonds is 24. The first-order valence-electron chi connectivity index (χ1n) is 17.5. The van der Waals surface area contributed by atoms with Gasteiger partial charge in [-0.3, -0.25) is 14.4 Å². The van der Waals surface area contributed by atoms with Crippen LogP contribution in [0.5, 0.6) is 0 Å². The van der Waals surface area contributed by atoms with Gasteiger partial charge in [-0.05, 0) is 45.4 Å². The van der Waals surface area contributed by atoms with Gasteiger partial charge in [-0.2, -0.15) is 0 Å². The van der Waals surface area contributed by atoms with Gasteiger partial charge in [-0.1, -0.05) is 147 Å². The van der Waals surface area contributed by atoms with Crippen molar-refractivity contribution < 1.29 is 23.9 Å². The van der Waals surface area contributed by atoms with Crippen LogP contribution in [0.15, 0.2) is 72.9 Å². The Bertz CT molecular complexity index is 905. The molecule has 0 aliphatic carbocycles. The molecule has 1 amide bonds. The van der Waals surface area contributed by atoms with Gasteiger partial charge >= 0.3 is 5.97 Å². The standard InChI is InChI=1S/C32H49NO5.C6H14.C2H6/c1-6-7-8-9-10-11-12-13-14-15-16-17-18-19-20-21-22-23-24-29(35)38-27-32(3,4)30(37-5)31(36)33-26-25-28(2)34;1-3-5-6-4-2;1-2/h7-8,10-11,13-14,16-17,19-20,22-23,30H,6,9,12,15,18,21,24-27H2,1-5H3,(H,33,36);3-6H2,1-2H3;1-2H3/b8-7-,11-10-,14-13-,17-16-,20-19-,23-22-;;/t30-;;/m0../s1. The van der Waals surface area contributed by atoms with Gasteiger partial charge in [0.15, 0.2) is 0 Å². The number of methoxy groups -OCH3 is 1. The number of amides is 1. The summed E-state index contributed by atoms with van der Waals surface area (Å²) in [7, 11) is 1.44. The van der Waals surface area contributed by atoms with Crippen molar-refractivity contribution in [2.24, 2.45) is 5.41 Å². The van der Waals surface area contributed by atoms with Gasteiger partial charge in [0.05, 0.1) is 13.0 Å². The fourth-order valence-electron chi connectivity index (χ4n) is 3.84. The fraction of sp³-hybridized carbons (Fsp3) is 0.625. The van der Waals surface area contributed by atoms with Crippen LogP contribution in [0.25, 0.3) is 0 Å². The van der Waals surface area contributed by atoms with Gasteiger partial charge in [0.1, 0.15) is 11.9 Å². The van der Waals surface area contributed by atoms with Gasteiger partial charge in [-0.15, -0.1) is 0 Å². The van der Waals surface area contributed by atoms with Crippen LogP contribution in [-0.2, 0) is 23.9 Å². The molecule has 0 heterocycles. The van der Waals surface area contributed by atoms with Crippen LogP contribution in [0.2, 0.25) is 0 Å². The minimum atomic E-state index is -0.798. The highest BCUT2D eigenvalue weighted by Crippen LogP contribution is 2.24. The predicted octanol–water partition coefficient (Wildman–Crippen LogP) is 10.4. The number of nitrogens with one attached hydrogen (secondary N) is 1. The lowest BCUT2D eigenvalue weighted by atomic mass is 9.86. The SMILES string of the molecule is CC.CC/C=C\C/C=C\C/C=C\C/C=C\C/C=C\C/C=C\CC(=O)OCC(C)(C)[C@@H](OC)C(=O)NCCC(C)=O.CCCCCC. The molecular formula is C40H69NO5. The van der Waals surface area contributed by atoms with Gasteiger partial charge in [0, 0.05) is 25.5 Å². The van der Waals surface area contributed by atoms with Gasteiger partial charge in [0.2, 0.25) is 5.91 Å². The third-order valence-electron chi connectivity index (χ3n) is 6.40. The molecule has 0 aromatic carbocycles. The molecule has 6 nitrogen and oxygen atoms in total. The number of unbranched alkanes of at least 4 members (excludes halogenated alkanes) is 3. The van der Waals surface area contributed by atoms with E-state index in [0.29, 0.717) is 0 Å². The Hall–Kier alpha value is -2.99. The Morgan fingerprint density at radius 2 is 1.11 bits per heavy atom. The van der Waals surface area contributed by atoms with Crippen LogP contribution in [0.4, 0.5) is 0 Å². The van der Waals surface area contributed by atoms with Crippen LogP contribution in [-0.4, -0.2) is 44.0 Å². The summed E-state index contributed by atoms with van der Waals surface area (Å²) in [5.41, 5.74) is -0.719. The molecule has 0 unspecified atom stereocenters. The third kappa shape index (κ3) is 33.9. The monoisotopic (exact) mass is 644 g/mol. The van der Waals surface area contributed by atoms with E-state index in [1.54, 1.807) is 19.9 Å². The molecule has 6 heteroatoms. The van der Waals surface area contributed by atoms with Crippen molar-refractivity contribution >= 4 is 17.7 Å². The van der Waals surface area contributed by atoms with Gasteiger partial charge in [-0.25, -0.2) is 0 Å². The van der Waals surface area contributed by atoms with E-state index in [0.717, 1.165) is 38.5 Å². The lowest BCUT2D eigenvalue weighted by Gasteiger charge is -2.31. The molecule has 0 saturated heterocycles. The second kappa shape index (κ2) is 36.5. The van der Waals surface area contributed by atoms with E-state index >= 15 is 0 Å². The average molecular weight is 644 g/mol. The molecule has 0 saturated carbocycles. The molecule has 0 fully saturated rings. The fourth-order valence-corrected chi connectivity index (χ4v) is 3.84. The summed E-state index contributed by atoms with van der Waals surface area (Å²) in [6.45, 7) is 16.0. The summed E-state index contributed by atoms with van der Waals surface area (Å²) in [5, 5.41) is 2.69. The number of Topliss-reactive ketones (excluding diaryl/α,β-unsaturated/α-hetero) is 1. The molecule has 0 aliphatic rings. The van der Waals surface area contributed by atoms with Crippen LogP contribution < -0.4 is 5.32 Å². The molecule has 1 N–H and O–H groups in total. The molecular weight excluding hydrogens is 574 g/mol. The summed E-state index contributed by atoms with van der Waals surface area (Å²) in [6, 6.07) is 0. The maximum absolute atomic E-state index is 12.4. The highest BCUT2D eigenvalue weighted by atomic mass is 16.5. The molecule has 0 radical (unpaired) electrons. The first kappa shape index (κ1) is 47.4. The van der Waals surface area contributed by atoms with Crippen molar-refractivity contribution in [1.82, 2.24) is 5.32 Å². The first-order valence-corrected chi connectivity index (χ1v) is 17.5. The predicted molar refractivity (Wildman–Crippen MR) is 198 cm³/mol. The zero-order chi connectivity index (χ0) is 35.3. The van der Waals surface area contributed by atoms with Crippen LogP contribution in [0.1, 0.15) is 132 Å². The zero-order valence-electron chi connectivity index (χ0n) is 30.9. The highest BCUT2D eigenvalue weighted by molar-refractivity contribution is 5.82. The Kier molecular flexibility index (Phi) is 37.6. The molecule has 0 rings (SSSR count). The Morgan fingerprint density at radius 3 is 1.48 bits per heavy atom. The van der Waals surface area contributed by atoms with Gasteiger partial charge in [0.25, 0.3) is 0 Å². The number of hydrogen-bond donors (Lipinski definition) is 1. The second-order valence-electron chi connectivity index (χ2n) is 11.3. The molecule has 0 spiro atoms. The second-order valence-corrected chi connectivity index (χ2v) is 11.3. The van der Waals surface area contributed by atoms with E-state index in [-0.39, 0.29) is 43.7 Å². The van der Waals surface area contributed by atoms with E-state index in [2.05, 4.69) is 86.8 Å². The van der Waals surface area contributed by atoms with Gasteiger partial charge < -0.3 is 14.8 Å². The van der Waals surface area contributed by atoms with Crippen molar-refractivity contribution in [3.05, 3.63) is 72.9 Å². The largest absolute Gasteiger partial charge is 0.465 e. The highest BCUT2D eigenvalue weighted by Gasteiger charge is 2.36. The molecule has 0 aromatic rings. The van der Waals surface area contributed by atoms with E-state index < -0.39 is 11.5 Å². The molecule has 0 aliphatic heterocycles.